The van der Waals surface area contributed by atoms with Crippen molar-refractivity contribution in [3.63, 3.8) is 0 Å². The van der Waals surface area contributed by atoms with Crippen molar-refractivity contribution >= 4 is 5.78 Å². The lowest BCUT2D eigenvalue weighted by Crippen LogP contribution is -2.36. The first-order chi connectivity index (χ1) is 6.07. The van der Waals surface area contributed by atoms with Crippen LogP contribution in [0, 0.1) is 5.41 Å². The van der Waals surface area contributed by atoms with E-state index in [2.05, 4.69) is 0 Å². The van der Waals surface area contributed by atoms with Crippen molar-refractivity contribution in [3.05, 3.63) is 0 Å². The van der Waals surface area contributed by atoms with Gasteiger partial charge in [-0.2, -0.15) is 0 Å². The fourth-order valence-electron chi connectivity index (χ4n) is 2.49. The van der Waals surface area contributed by atoms with E-state index < -0.39 is 0 Å². The quantitative estimate of drug-likeness (QED) is 0.730. The van der Waals surface area contributed by atoms with Crippen molar-refractivity contribution < 1.29 is 9.90 Å². The monoisotopic (exact) mass is 184 g/mol. The second kappa shape index (κ2) is 4.23. The number of hydrogen-bond acceptors (Lipinski definition) is 2. The van der Waals surface area contributed by atoms with Crippen LogP contribution < -0.4 is 0 Å². The Labute approximate surface area is 80.3 Å². The molecule has 1 N–H and O–H groups in total. The van der Waals surface area contributed by atoms with Crippen molar-refractivity contribution in [2.24, 2.45) is 5.41 Å². The number of carbonyl (C=O) groups excluding carboxylic acids is 1. The minimum atomic E-state index is -0.336. The Bertz CT molecular complexity index is 179. The molecule has 1 fully saturated rings. The van der Waals surface area contributed by atoms with Gasteiger partial charge in [0.05, 0.1) is 6.10 Å². The van der Waals surface area contributed by atoms with E-state index in [0.717, 1.165) is 25.7 Å². The normalized spacial score (nSPS) is 23.9. The van der Waals surface area contributed by atoms with E-state index >= 15 is 0 Å². The highest BCUT2D eigenvalue weighted by Gasteiger charge is 2.37. The van der Waals surface area contributed by atoms with Gasteiger partial charge in [0.1, 0.15) is 5.78 Å². The van der Waals surface area contributed by atoms with Crippen molar-refractivity contribution in [1.82, 2.24) is 0 Å². The minimum Gasteiger partial charge on any atom is -0.393 e. The summed E-state index contributed by atoms with van der Waals surface area (Å²) >= 11 is 0. The van der Waals surface area contributed by atoms with Crippen molar-refractivity contribution in [3.8, 4) is 0 Å². The van der Waals surface area contributed by atoms with Crippen LogP contribution in [0.1, 0.15) is 52.4 Å². The maximum atomic E-state index is 11.1. The highest BCUT2D eigenvalue weighted by Crippen LogP contribution is 2.42. The summed E-state index contributed by atoms with van der Waals surface area (Å²) in [5, 5.41) is 9.72. The molecule has 1 atom stereocenters. The first-order valence-electron chi connectivity index (χ1n) is 5.24. The van der Waals surface area contributed by atoms with E-state index in [1.165, 1.54) is 6.42 Å². The Hall–Kier alpha value is -0.370. The second-order valence-corrected chi connectivity index (χ2v) is 4.48. The number of aliphatic hydroxyl groups is 1. The summed E-state index contributed by atoms with van der Waals surface area (Å²) in [6.07, 6.45) is 5.85. The van der Waals surface area contributed by atoms with Gasteiger partial charge in [-0.05, 0) is 26.7 Å². The summed E-state index contributed by atoms with van der Waals surface area (Å²) in [5.41, 5.74) is -0.0932. The summed E-state index contributed by atoms with van der Waals surface area (Å²) < 4.78 is 0. The van der Waals surface area contributed by atoms with E-state index in [1.54, 1.807) is 6.92 Å². The van der Waals surface area contributed by atoms with E-state index in [9.17, 15) is 9.90 Å². The lowest BCUT2D eigenvalue weighted by atomic mass is 9.68. The first kappa shape index (κ1) is 10.7. The molecular formula is C11H20O2. The van der Waals surface area contributed by atoms with Gasteiger partial charge in [0.15, 0.2) is 0 Å². The van der Waals surface area contributed by atoms with Crippen molar-refractivity contribution in [2.45, 2.75) is 58.5 Å². The molecule has 0 aliphatic heterocycles. The van der Waals surface area contributed by atoms with Gasteiger partial charge in [0.2, 0.25) is 0 Å². The number of ketones is 1. The van der Waals surface area contributed by atoms with Gasteiger partial charge in [-0.25, -0.2) is 0 Å². The molecule has 76 valence electrons. The molecule has 0 bridgehead atoms. The highest BCUT2D eigenvalue weighted by molar-refractivity contribution is 5.76. The lowest BCUT2D eigenvalue weighted by molar-refractivity contribution is -0.122. The number of carbonyl (C=O) groups is 1. The summed E-state index contributed by atoms with van der Waals surface area (Å²) in [4.78, 5) is 11.1. The minimum absolute atomic E-state index is 0.0932. The van der Waals surface area contributed by atoms with E-state index in [1.807, 2.05) is 6.92 Å². The van der Waals surface area contributed by atoms with Gasteiger partial charge in [-0.1, -0.05) is 19.3 Å². The molecular weight excluding hydrogens is 164 g/mol. The van der Waals surface area contributed by atoms with E-state index in [-0.39, 0.29) is 17.3 Å². The van der Waals surface area contributed by atoms with Crippen LogP contribution in [0.3, 0.4) is 0 Å². The van der Waals surface area contributed by atoms with Crippen LogP contribution >= 0.6 is 0 Å². The molecule has 0 heterocycles. The molecule has 0 aromatic heterocycles. The average Bonchev–Trinajstić information content (AvgIpc) is 2.04. The van der Waals surface area contributed by atoms with Crippen LogP contribution in [0.25, 0.3) is 0 Å². The lowest BCUT2D eigenvalue weighted by Gasteiger charge is -2.39. The van der Waals surface area contributed by atoms with Crippen molar-refractivity contribution in [2.75, 3.05) is 0 Å². The molecule has 13 heavy (non-hydrogen) atoms. The third-order valence-corrected chi connectivity index (χ3v) is 3.34. The van der Waals surface area contributed by atoms with Gasteiger partial charge >= 0.3 is 0 Å². The molecule has 0 aromatic rings. The maximum absolute atomic E-state index is 11.1. The Morgan fingerprint density at radius 2 is 1.92 bits per heavy atom. The van der Waals surface area contributed by atoms with Crippen LogP contribution in [-0.2, 0) is 4.79 Å². The van der Waals surface area contributed by atoms with Crippen LogP contribution in [0.15, 0.2) is 0 Å². The molecule has 1 aliphatic carbocycles. The van der Waals surface area contributed by atoms with Crippen LogP contribution in [-0.4, -0.2) is 17.0 Å². The van der Waals surface area contributed by atoms with Crippen LogP contribution in [0.5, 0.6) is 0 Å². The Balaban J connectivity index is 2.67. The average molecular weight is 184 g/mol. The van der Waals surface area contributed by atoms with Crippen LogP contribution in [0.2, 0.25) is 0 Å². The molecule has 0 aromatic carbocycles. The summed E-state index contributed by atoms with van der Waals surface area (Å²) in [6.45, 7) is 3.45. The first-order valence-corrected chi connectivity index (χ1v) is 5.24. The predicted octanol–water partition coefficient (Wildman–Crippen LogP) is 2.30. The highest BCUT2D eigenvalue weighted by atomic mass is 16.3. The van der Waals surface area contributed by atoms with Gasteiger partial charge < -0.3 is 9.90 Å². The van der Waals surface area contributed by atoms with Gasteiger partial charge in [0, 0.05) is 11.8 Å². The number of hydrogen-bond donors (Lipinski definition) is 1. The van der Waals surface area contributed by atoms with Crippen LogP contribution in [0.4, 0.5) is 0 Å². The molecule has 1 aliphatic rings. The zero-order valence-corrected chi connectivity index (χ0v) is 8.68. The summed E-state index contributed by atoms with van der Waals surface area (Å²) in [6, 6.07) is 0. The molecule has 0 saturated heterocycles. The molecule has 1 saturated carbocycles. The predicted molar refractivity (Wildman–Crippen MR) is 52.5 cm³/mol. The number of Topliss-reactive ketones (excluding diaryl/α,β-unsaturated/α-hetero) is 1. The van der Waals surface area contributed by atoms with Gasteiger partial charge in [-0.3, -0.25) is 0 Å². The maximum Gasteiger partial charge on any atom is 0.130 e. The third-order valence-electron chi connectivity index (χ3n) is 3.34. The van der Waals surface area contributed by atoms with Crippen molar-refractivity contribution in [1.29, 1.82) is 0 Å². The molecule has 0 spiro atoms. The molecule has 2 nitrogen and oxygen atoms in total. The zero-order chi connectivity index (χ0) is 9.90. The topological polar surface area (TPSA) is 37.3 Å². The smallest absolute Gasteiger partial charge is 0.130 e. The third kappa shape index (κ3) is 2.53. The molecule has 0 amide bonds. The standard InChI is InChI=1S/C11H20O2/c1-9(12)8-11(10(2)13)6-4-3-5-7-11/h10,13H,3-8H2,1-2H3. The molecule has 1 unspecified atom stereocenters. The Morgan fingerprint density at radius 3 is 2.31 bits per heavy atom. The van der Waals surface area contributed by atoms with E-state index in [4.69, 9.17) is 0 Å². The molecule has 2 heteroatoms. The summed E-state index contributed by atoms with van der Waals surface area (Å²) in [7, 11) is 0. The number of aliphatic hydroxyl groups excluding tert-OH is 1. The Morgan fingerprint density at radius 1 is 1.38 bits per heavy atom. The van der Waals surface area contributed by atoms with Gasteiger partial charge in [-0.15, -0.1) is 0 Å². The fourth-order valence-corrected chi connectivity index (χ4v) is 2.49. The summed E-state index contributed by atoms with van der Waals surface area (Å²) in [5.74, 6) is 0.211. The van der Waals surface area contributed by atoms with E-state index in [0.29, 0.717) is 6.42 Å². The second-order valence-electron chi connectivity index (χ2n) is 4.48. The zero-order valence-electron chi connectivity index (χ0n) is 8.68. The molecule has 1 rings (SSSR count). The Kier molecular flexibility index (Phi) is 3.48. The number of rotatable bonds is 3. The SMILES string of the molecule is CC(=O)CC1(C(C)O)CCCCC1. The largest absolute Gasteiger partial charge is 0.393 e. The van der Waals surface area contributed by atoms with Gasteiger partial charge in [0.25, 0.3) is 0 Å². The fraction of sp³-hybridized carbons (Fsp3) is 0.909. The molecule has 0 radical (unpaired) electrons.